The Morgan fingerprint density at radius 1 is 1.45 bits per heavy atom. The fourth-order valence-electron chi connectivity index (χ4n) is 1.92. The Labute approximate surface area is 65.2 Å². The van der Waals surface area contributed by atoms with E-state index in [1.807, 2.05) is 19.1 Å². The fourth-order valence-corrected chi connectivity index (χ4v) is 1.92. The third-order valence-corrected chi connectivity index (χ3v) is 2.57. The van der Waals surface area contributed by atoms with Gasteiger partial charge in [0.15, 0.2) is 0 Å². The van der Waals surface area contributed by atoms with Gasteiger partial charge in [-0.15, -0.1) is 0 Å². The van der Waals surface area contributed by atoms with Gasteiger partial charge in [0.2, 0.25) is 5.91 Å². The molecule has 0 spiro atoms. The number of nitrogens with two attached hydrogens (primary N) is 1. The van der Waals surface area contributed by atoms with Gasteiger partial charge in [-0.3, -0.25) is 4.79 Å². The molecular formula is C8H11NO2. The van der Waals surface area contributed by atoms with Crippen LogP contribution in [0.3, 0.4) is 0 Å². The maximum absolute atomic E-state index is 10.9. The van der Waals surface area contributed by atoms with Crippen LogP contribution >= 0.6 is 0 Å². The number of hydrogen-bond donors (Lipinski definition) is 1. The minimum absolute atomic E-state index is 0.0486. The number of amides is 1. The Hall–Kier alpha value is -0.830. The predicted molar refractivity (Wildman–Crippen MR) is 39.6 cm³/mol. The number of rotatable bonds is 1. The van der Waals surface area contributed by atoms with E-state index in [-0.39, 0.29) is 30.0 Å². The van der Waals surface area contributed by atoms with Crippen LogP contribution in [0.5, 0.6) is 0 Å². The molecule has 11 heavy (non-hydrogen) atoms. The van der Waals surface area contributed by atoms with E-state index in [0.717, 1.165) is 0 Å². The van der Waals surface area contributed by atoms with Crippen LogP contribution in [-0.4, -0.2) is 18.1 Å². The summed E-state index contributed by atoms with van der Waals surface area (Å²) in [7, 11) is 0. The van der Waals surface area contributed by atoms with Crippen molar-refractivity contribution in [1.29, 1.82) is 0 Å². The van der Waals surface area contributed by atoms with E-state index in [9.17, 15) is 4.79 Å². The number of ether oxygens (including phenoxy) is 1. The highest BCUT2D eigenvalue weighted by Crippen LogP contribution is 2.38. The molecule has 0 aromatic rings. The third kappa shape index (κ3) is 0.807. The van der Waals surface area contributed by atoms with Crippen molar-refractivity contribution in [3.05, 3.63) is 12.2 Å². The summed E-state index contributed by atoms with van der Waals surface area (Å²) in [6.45, 7) is 2.00. The summed E-state index contributed by atoms with van der Waals surface area (Å²) in [4.78, 5) is 10.9. The molecule has 0 aliphatic carbocycles. The average molecular weight is 153 g/mol. The topological polar surface area (TPSA) is 52.3 Å². The minimum atomic E-state index is -0.241. The number of hydrogen-bond acceptors (Lipinski definition) is 2. The van der Waals surface area contributed by atoms with Gasteiger partial charge in [-0.05, 0) is 0 Å². The Kier molecular flexibility index (Phi) is 1.29. The molecule has 0 aromatic carbocycles. The lowest BCUT2D eigenvalue weighted by Crippen LogP contribution is -2.34. The molecule has 2 N–H and O–H groups in total. The van der Waals surface area contributed by atoms with E-state index in [0.29, 0.717) is 0 Å². The van der Waals surface area contributed by atoms with Crippen LogP contribution in [-0.2, 0) is 9.53 Å². The lowest BCUT2D eigenvalue weighted by atomic mass is 9.84. The number of fused-ring (bicyclic) bond motifs is 2. The van der Waals surface area contributed by atoms with Crippen molar-refractivity contribution in [2.24, 2.45) is 17.6 Å². The second-order valence-electron chi connectivity index (χ2n) is 3.24. The summed E-state index contributed by atoms with van der Waals surface area (Å²) >= 11 is 0. The molecule has 2 heterocycles. The molecule has 0 saturated carbocycles. The average Bonchev–Trinajstić information content (AvgIpc) is 2.44. The van der Waals surface area contributed by atoms with Crippen molar-refractivity contribution in [3.63, 3.8) is 0 Å². The van der Waals surface area contributed by atoms with Gasteiger partial charge in [0, 0.05) is 5.92 Å². The zero-order valence-electron chi connectivity index (χ0n) is 6.36. The van der Waals surface area contributed by atoms with Crippen molar-refractivity contribution in [2.45, 2.75) is 19.1 Å². The Morgan fingerprint density at radius 3 is 2.45 bits per heavy atom. The van der Waals surface area contributed by atoms with Crippen molar-refractivity contribution in [2.75, 3.05) is 0 Å². The molecule has 0 aromatic heterocycles. The van der Waals surface area contributed by atoms with Crippen LogP contribution < -0.4 is 5.73 Å². The zero-order valence-corrected chi connectivity index (χ0v) is 6.36. The zero-order chi connectivity index (χ0) is 8.01. The first kappa shape index (κ1) is 6.85. The molecule has 3 nitrogen and oxygen atoms in total. The molecule has 1 fully saturated rings. The molecule has 1 saturated heterocycles. The van der Waals surface area contributed by atoms with Crippen molar-refractivity contribution in [3.8, 4) is 0 Å². The summed E-state index contributed by atoms with van der Waals surface area (Å²) in [5.41, 5.74) is 5.22. The first-order valence-electron chi connectivity index (χ1n) is 3.83. The summed E-state index contributed by atoms with van der Waals surface area (Å²) in [6, 6.07) is 0. The van der Waals surface area contributed by atoms with Gasteiger partial charge in [-0.25, -0.2) is 0 Å². The second-order valence-corrected chi connectivity index (χ2v) is 3.24. The van der Waals surface area contributed by atoms with Gasteiger partial charge < -0.3 is 10.5 Å². The fraction of sp³-hybridized carbons (Fsp3) is 0.625. The first-order chi connectivity index (χ1) is 5.20. The van der Waals surface area contributed by atoms with Crippen molar-refractivity contribution < 1.29 is 9.53 Å². The van der Waals surface area contributed by atoms with Crippen LogP contribution in [0.1, 0.15) is 6.92 Å². The molecule has 0 radical (unpaired) electrons. The first-order valence-corrected chi connectivity index (χ1v) is 3.83. The quantitative estimate of drug-likeness (QED) is 0.541. The largest absolute Gasteiger partial charge is 0.369 e. The van der Waals surface area contributed by atoms with Crippen LogP contribution in [0.4, 0.5) is 0 Å². The molecule has 1 amide bonds. The van der Waals surface area contributed by atoms with E-state index in [4.69, 9.17) is 10.5 Å². The molecule has 2 aliphatic rings. The van der Waals surface area contributed by atoms with Crippen molar-refractivity contribution in [1.82, 2.24) is 0 Å². The number of carbonyl (C=O) groups is 1. The molecular weight excluding hydrogens is 142 g/mol. The second kappa shape index (κ2) is 2.08. The maximum atomic E-state index is 10.9. The molecule has 4 unspecified atom stereocenters. The lowest BCUT2D eigenvalue weighted by molar-refractivity contribution is -0.123. The highest BCUT2D eigenvalue weighted by atomic mass is 16.5. The SMILES string of the molecule is CC1C2C=CC(O2)C1C(N)=O. The summed E-state index contributed by atoms with van der Waals surface area (Å²) in [6.07, 6.45) is 4.01. The Bertz CT molecular complexity index is 224. The summed E-state index contributed by atoms with van der Waals surface area (Å²) in [5.74, 6) is -0.0955. The van der Waals surface area contributed by atoms with E-state index in [2.05, 4.69) is 0 Å². The van der Waals surface area contributed by atoms with Gasteiger partial charge in [0.05, 0.1) is 18.1 Å². The summed E-state index contributed by atoms with van der Waals surface area (Å²) in [5, 5.41) is 0. The van der Waals surface area contributed by atoms with Gasteiger partial charge in [0.1, 0.15) is 0 Å². The highest BCUT2D eigenvalue weighted by molar-refractivity contribution is 5.78. The van der Waals surface area contributed by atoms with Gasteiger partial charge in [0.25, 0.3) is 0 Å². The monoisotopic (exact) mass is 153 g/mol. The molecule has 2 rings (SSSR count). The van der Waals surface area contributed by atoms with Gasteiger partial charge >= 0.3 is 0 Å². The number of primary amides is 1. The van der Waals surface area contributed by atoms with Gasteiger partial charge in [-0.1, -0.05) is 19.1 Å². The van der Waals surface area contributed by atoms with Crippen molar-refractivity contribution >= 4 is 5.91 Å². The lowest BCUT2D eigenvalue weighted by Gasteiger charge is -2.17. The molecule has 60 valence electrons. The standard InChI is InChI=1S/C8H11NO2/c1-4-5-2-3-6(11-5)7(4)8(9)10/h2-7H,1H3,(H2,9,10). The number of carbonyl (C=O) groups excluding carboxylic acids is 1. The van der Waals surface area contributed by atoms with Gasteiger partial charge in [-0.2, -0.15) is 0 Å². The normalized spacial score (nSPS) is 46.6. The van der Waals surface area contributed by atoms with Crippen LogP contribution in [0.15, 0.2) is 12.2 Å². The minimum Gasteiger partial charge on any atom is -0.369 e. The molecule has 4 atom stereocenters. The summed E-state index contributed by atoms with van der Waals surface area (Å²) < 4.78 is 5.45. The maximum Gasteiger partial charge on any atom is 0.223 e. The van der Waals surface area contributed by atoms with Crippen LogP contribution in [0.2, 0.25) is 0 Å². The van der Waals surface area contributed by atoms with E-state index in [1.165, 1.54) is 0 Å². The third-order valence-electron chi connectivity index (χ3n) is 2.57. The molecule has 2 aliphatic heterocycles. The van der Waals surface area contributed by atoms with Crippen LogP contribution in [0, 0.1) is 11.8 Å². The predicted octanol–water partition coefficient (Wildman–Crippen LogP) is 0.0612. The Balaban J connectivity index is 2.25. The highest BCUT2D eigenvalue weighted by Gasteiger charge is 2.46. The Morgan fingerprint density at radius 2 is 2.09 bits per heavy atom. The van der Waals surface area contributed by atoms with E-state index < -0.39 is 0 Å². The van der Waals surface area contributed by atoms with E-state index >= 15 is 0 Å². The smallest absolute Gasteiger partial charge is 0.223 e. The molecule has 2 bridgehead atoms. The van der Waals surface area contributed by atoms with Crippen LogP contribution in [0.25, 0.3) is 0 Å². The van der Waals surface area contributed by atoms with E-state index in [1.54, 1.807) is 0 Å². The molecule has 3 heteroatoms.